The van der Waals surface area contributed by atoms with Crippen LogP contribution in [0.1, 0.15) is 25.3 Å². The molecule has 0 saturated carbocycles. The van der Waals surface area contributed by atoms with Gasteiger partial charge >= 0.3 is 0 Å². The molecule has 0 fully saturated rings. The third kappa shape index (κ3) is 2.58. The number of quaternary nitrogens is 1. The van der Waals surface area contributed by atoms with E-state index >= 15 is 0 Å². The van der Waals surface area contributed by atoms with Crippen molar-refractivity contribution in [2.75, 3.05) is 6.54 Å². The molecule has 0 saturated heterocycles. The van der Waals surface area contributed by atoms with Crippen molar-refractivity contribution in [2.24, 2.45) is 4.99 Å². The Bertz CT molecular complexity index is 367. The molecule has 0 radical (unpaired) electrons. The summed E-state index contributed by atoms with van der Waals surface area (Å²) in [6.07, 6.45) is 8.64. The van der Waals surface area contributed by atoms with Gasteiger partial charge in [0.1, 0.15) is 12.7 Å². The number of aliphatic imine (C=N–C) groups is 1. The first kappa shape index (κ1) is 11.1. The van der Waals surface area contributed by atoms with Crippen molar-refractivity contribution in [1.82, 2.24) is 0 Å². The third-order valence-corrected chi connectivity index (χ3v) is 2.99. The largest absolute Gasteiger partial charge is 0.250 e. The van der Waals surface area contributed by atoms with E-state index < -0.39 is 0 Å². The summed E-state index contributed by atoms with van der Waals surface area (Å²) in [5.41, 5.74) is 1.37. The summed E-state index contributed by atoms with van der Waals surface area (Å²) in [5.74, 6) is 0. The highest BCUT2D eigenvalue weighted by Gasteiger charge is 2.25. The van der Waals surface area contributed by atoms with Crippen LogP contribution in [-0.2, 0) is 6.54 Å². The minimum absolute atomic E-state index is 0.873. The van der Waals surface area contributed by atoms with Gasteiger partial charge in [-0.25, -0.2) is 9.48 Å². The lowest BCUT2D eigenvalue weighted by Crippen LogP contribution is -2.39. The van der Waals surface area contributed by atoms with Crippen molar-refractivity contribution in [3.63, 3.8) is 0 Å². The zero-order valence-corrected chi connectivity index (χ0v) is 9.84. The van der Waals surface area contributed by atoms with Gasteiger partial charge in [-0.1, -0.05) is 43.7 Å². The molecule has 1 aliphatic rings. The second-order valence-electron chi connectivity index (χ2n) is 4.39. The molecule has 0 spiro atoms. The maximum absolute atomic E-state index is 4.25. The van der Waals surface area contributed by atoms with Crippen LogP contribution in [0.5, 0.6) is 0 Å². The van der Waals surface area contributed by atoms with Crippen molar-refractivity contribution in [2.45, 2.75) is 26.3 Å². The normalized spacial score (nSPS) is 22.8. The summed E-state index contributed by atoms with van der Waals surface area (Å²) in [6.45, 7) is 4.39. The van der Waals surface area contributed by atoms with Crippen LogP contribution in [-0.4, -0.2) is 17.4 Å². The van der Waals surface area contributed by atoms with Crippen LogP contribution < -0.4 is 0 Å². The zero-order chi connectivity index (χ0) is 11.3. The highest BCUT2D eigenvalue weighted by atomic mass is 15.4. The SMILES string of the molecule is CCCC[N+]1(Cc2ccccc2)C=CN=C1. The highest BCUT2D eigenvalue weighted by Crippen LogP contribution is 2.18. The number of hydrogen-bond donors (Lipinski definition) is 0. The molecule has 1 unspecified atom stereocenters. The first-order chi connectivity index (χ1) is 7.85. The Balaban J connectivity index is 2.09. The maximum Gasteiger partial charge on any atom is 0.195 e. The molecule has 2 heteroatoms. The first-order valence-electron chi connectivity index (χ1n) is 5.97. The van der Waals surface area contributed by atoms with Crippen molar-refractivity contribution in [1.29, 1.82) is 0 Å². The Hall–Kier alpha value is -1.41. The predicted octanol–water partition coefficient (Wildman–Crippen LogP) is 3.32. The van der Waals surface area contributed by atoms with E-state index in [1.807, 2.05) is 6.20 Å². The number of hydrogen-bond acceptors (Lipinski definition) is 1. The van der Waals surface area contributed by atoms with E-state index in [1.165, 1.54) is 18.4 Å². The van der Waals surface area contributed by atoms with Gasteiger partial charge < -0.3 is 0 Å². The molecule has 1 heterocycles. The average Bonchev–Trinajstić information content (AvgIpc) is 2.77. The number of benzene rings is 1. The fourth-order valence-electron chi connectivity index (χ4n) is 2.06. The molecular weight excluding hydrogens is 196 g/mol. The fraction of sp³-hybridized carbons (Fsp3) is 0.357. The van der Waals surface area contributed by atoms with Gasteiger partial charge in [0.2, 0.25) is 0 Å². The van der Waals surface area contributed by atoms with Crippen molar-refractivity contribution < 1.29 is 4.48 Å². The Labute approximate surface area is 97.5 Å². The number of rotatable bonds is 5. The van der Waals surface area contributed by atoms with E-state index in [-0.39, 0.29) is 0 Å². The van der Waals surface area contributed by atoms with E-state index in [1.54, 1.807) is 0 Å². The van der Waals surface area contributed by atoms with Crippen LogP contribution in [0, 0.1) is 0 Å². The standard InChI is InChI=1S/C14H19N2/c1-2-3-10-16(11-9-15-13-16)12-14-7-5-4-6-8-14/h4-9,11,13H,2-3,10,12H2,1H3/q+1. The molecule has 1 aliphatic heterocycles. The quantitative estimate of drug-likeness (QED) is 0.668. The summed E-state index contributed by atoms with van der Waals surface area (Å²) in [5, 5.41) is 0. The van der Waals surface area contributed by atoms with Gasteiger partial charge in [0.15, 0.2) is 6.34 Å². The minimum atomic E-state index is 0.873. The lowest BCUT2D eigenvalue weighted by molar-refractivity contribution is -0.794. The molecule has 0 aromatic heterocycles. The van der Waals surface area contributed by atoms with E-state index in [0.717, 1.165) is 17.6 Å². The van der Waals surface area contributed by atoms with Gasteiger partial charge in [0.05, 0.1) is 12.7 Å². The van der Waals surface area contributed by atoms with Crippen molar-refractivity contribution >= 4 is 6.34 Å². The van der Waals surface area contributed by atoms with Crippen LogP contribution in [0.2, 0.25) is 0 Å². The first-order valence-corrected chi connectivity index (χ1v) is 5.97. The van der Waals surface area contributed by atoms with E-state index in [4.69, 9.17) is 0 Å². The Kier molecular flexibility index (Phi) is 3.52. The van der Waals surface area contributed by atoms with Crippen LogP contribution in [0.4, 0.5) is 0 Å². The van der Waals surface area contributed by atoms with Gasteiger partial charge in [0.25, 0.3) is 0 Å². The zero-order valence-electron chi connectivity index (χ0n) is 9.84. The lowest BCUT2D eigenvalue weighted by atomic mass is 10.2. The molecule has 1 aromatic carbocycles. The van der Waals surface area contributed by atoms with Gasteiger partial charge in [-0.05, 0) is 6.42 Å². The summed E-state index contributed by atoms with van der Waals surface area (Å²) in [6, 6.07) is 10.6. The second kappa shape index (κ2) is 5.08. The van der Waals surface area contributed by atoms with Gasteiger partial charge in [-0.3, -0.25) is 0 Å². The fourth-order valence-corrected chi connectivity index (χ4v) is 2.06. The average molecular weight is 215 g/mol. The third-order valence-electron chi connectivity index (χ3n) is 2.99. The molecule has 1 atom stereocenters. The summed E-state index contributed by atoms with van der Waals surface area (Å²) >= 11 is 0. The van der Waals surface area contributed by atoms with Crippen LogP contribution in [0.15, 0.2) is 47.7 Å². The summed E-state index contributed by atoms with van der Waals surface area (Å²) < 4.78 is 0.873. The lowest BCUT2D eigenvalue weighted by Gasteiger charge is -2.27. The number of nitrogens with zero attached hydrogens (tertiary/aromatic N) is 2. The molecule has 0 N–H and O–H groups in total. The molecule has 0 aliphatic carbocycles. The summed E-state index contributed by atoms with van der Waals surface area (Å²) in [4.78, 5) is 4.25. The van der Waals surface area contributed by atoms with E-state index in [0.29, 0.717) is 0 Å². The van der Waals surface area contributed by atoms with Gasteiger partial charge in [0, 0.05) is 5.56 Å². The van der Waals surface area contributed by atoms with Crippen LogP contribution in [0.25, 0.3) is 0 Å². The Morgan fingerprint density at radius 1 is 1.19 bits per heavy atom. The number of unbranched alkanes of at least 4 members (excludes halogenated alkanes) is 1. The Morgan fingerprint density at radius 2 is 2.00 bits per heavy atom. The van der Waals surface area contributed by atoms with E-state index in [2.05, 4.69) is 54.8 Å². The van der Waals surface area contributed by atoms with Crippen molar-refractivity contribution in [3.8, 4) is 0 Å². The van der Waals surface area contributed by atoms with Gasteiger partial charge in [-0.15, -0.1) is 0 Å². The minimum Gasteiger partial charge on any atom is -0.250 e. The van der Waals surface area contributed by atoms with E-state index in [9.17, 15) is 0 Å². The van der Waals surface area contributed by atoms with Crippen LogP contribution >= 0.6 is 0 Å². The molecule has 16 heavy (non-hydrogen) atoms. The molecule has 0 amide bonds. The summed E-state index contributed by atoms with van der Waals surface area (Å²) in [7, 11) is 0. The smallest absolute Gasteiger partial charge is 0.195 e. The molecule has 2 rings (SSSR count). The topological polar surface area (TPSA) is 12.4 Å². The monoisotopic (exact) mass is 215 g/mol. The molecule has 84 valence electrons. The molecule has 0 bridgehead atoms. The van der Waals surface area contributed by atoms with Crippen molar-refractivity contribution in [3.05, 3.63) is 48.3 Å². The molecular formula is C14H19N2+. The maximum atomic E-state index is 4.25. The second-order valence-corrected chi connectivity index (χ2v) is 4.39. The molecule has 2 nitrogen and oxygen atoms in total. The van der Waals surface area contributed by atoms with Gasteiger partial charge in [-0.2, -0.15) is 0 Å². The predicted molar refractivity (Wildman–Crippen MR) is 67.8 cm³/mol. The molecule has 1 aromatic rings. The van der Waals surface area contributed by atoms with Crippen LogP contribution in [0.3, 0.4) is 0 Å². The Morgan fingerprint density at radius 3 is 2.62 bits per heavy atom. The highest BCUT2D eigenvalue weighted by molar-refractivity contribution is 5.51.